The zero-order valence-corrected chi connectivity index (χ0v) is 19.0. The molecule has 2 N–H and O–H groups in total. The summed E-state index contributed by atoms with van der Waals surface area (Å²) < 4.78 is 1.69. The van der Waals surface area contributed by atoms with Crippen molar-refractivity contribution in [1.29, 1.82) is 5.26 Å². The Kier molecular flexibility index (Phi) is 5.15. The minimum atomic E-state index is -1.03. The highest BCUT2D eigenvalue weighted by Crippen LogP contribution is 2.29. The number of fused-ring (bicyclic) bond motifs is 1. The maximum Gasteiger partial charge on any atom is 0.162 e. The van der Waals surface area contributed by atoms with Crippen molar-refractivity contribution in [2.75, 3.05) is 0 Å². The maximum absolute atomic E-state index is 10.3. The Morgan fingerprint density at radius 1 is 1.09 bits per heavy atom. The zero-order chi connectivity index (χ0) is 23.9. The Labute approximate surface area is 195 Å². The van der Waals surface area contributed by atoms with Gasteiger partial charge in [-0.25, -0.2) is 14.6 Å². The van der Waals surface area contributed by atoms with Crippen LogP contribution in [0.25, 0.3) is 33.8 Å². The minimum absolute atomic E-state index is 0.397. The van der Waals surface area contributed by atoms with E-state index in [2.05, 4.69) is 31.3 Å². The van der Waals surface area contributed by atoms with Gasteiger partial charge in [0.25, 0.3) is 0 Å². The summed E-state index contributed by atoms with van der Waals surface area (Å²) in [5, 5.41) is 29.1. The van der Waals surface area contributed by atoms with Crippen LogP contribution >= 0.6 is 0 Å². The SMILES string of the molecule is Cc1c(C#N)cccc1-c1nc(-c2cn(Cc3cccc(C(C)(C)O)n3)nn2)c2cc[nH]c2n1. The van der Waals surface area contributed by atoms with E-state index < -0.39 is 5.60 Å². The van der Waals surface area contributed by atoms with Crippen molar-refractivity contribution < 1.29 is 5.11 Å². The number of benzene rings is 1. The van der Waals surface area contributed by atoms with E-state index in [1.54, 1.807) is 30.7 Å². The summed E-state index contributed by atoms with van der Waals surface area (Å²) in [6.45, 7) is 5.69. The van der Waals surface area contributed by atoms with Crippen LogP contribution < -0.4 is 0 Å². The highest BCUT2D eigenvalue weighted by Gasteiger charge is 2.19. The molecule has 9 heteroatoms. The van der Waals surface area contributed by atoms with Gasteiger partial charge in [0.15, 0.2) is 5.82 Å². The van der Waals surface area contributed by atoms with Crippen LogP contribution in [0, 0.1) is 18.3 Å². The van der Waals surface area contributed by atoms with Gasteiger partial charge in [-0.2, -0.15) is 5.26 Å². The van der Waals surface area contributed by atoms with Gasteiger partial charge in [-0.1, -0.05) is 23.4 Å². The number of rotatable bonds is 5. The van der Waals surface area contributed by atoms with Gasteiger partial charge >= 0.3 is 0 Å². The number of nitriles is 1. The fourth-order valence-electron chi connectivity index (χ4n) is 3.81. The fraction of sp³-hybridized carbons (Fsp3) is 0.200. The third-order valence-corrected chi connectivity index (χ3v) is 5.65. The first-order valence-electron chi connectivity index (χ1n) is 10.8. The smallest absolute Gasteiger partial charge is 0.162 e. The Bertz CT molecular complexity index is 1550. The third kappa shape index (κ3) is 3.91. The second-order valence-corrected chi connectivity index (χ2v) is 8.60. The molecule has 4 heterocycles. The Hall–Kier alpha value is -4.42. The summed E-state index contributed by atoms with van der Waals surface area (Å²) in [6.07, 6.45) is 3.62. The highest BCUT2D eigenvalue weighted by molar-refractivity contribution is 5.91. The van der Waals surface area contributed by atoms with E-state index in [4.69, 9.17) is 4.98 Å². The van der Waals surface area contributed by atoms with Crippen LogP contribution in [0.15, 0.2) is 54.9 Å². The lowest BCUT2D eigenvalue weighted by Crippen LogP contribution is -2.18. The van der Waals surface area contributed by atoms with Crippen LogP contribution in [0.4, 0.5) is 0 Å². The van der Waals surface area contributed by atoms with Crippen LogP contribution in [-0.4, -0.2) is 40.0 Å². The molecule has 34 heavy (non-hydrogen) atoms. The van der Waals surface area contributed by atoms with Crippen molar-refractivity contribution in [1.82, 2.24) is 34.9 Å². The number of aromatic amines is 1. The number of H-pyrrole nitrogens is 1. The zero-order valence-electron chi connectivity index (χ0n) is 19.0. The van der Waals surface area contributed by atoms with Gasteiger partial charge in [0.2, 0.25) is 0 Å². The number of hydrogen-bond acceptors (Lipinski definition) is 7. The Morgan fingerprint density at radius 3 is 2.71 bits per heavy atom. The van der Waals surface area contributed by atoms with Crippen LogP contribution in [0.3, 0.4) is 0 Å². The van der Waals surface area contributed by atoms with E-state index in [0.717, 1.165) is 22.2 Å². The lowest BCUT2D eigenvalue weighted by molar-refractivity contribution is 0.0736. The van der Waals surface area contributed by atoms with Crippen molar-refractivity contribution in [2.45, 2.75) is 32.9 Å². The van der Waals surface area contributed by atoms with E-state index in [0.29, 0.717) is 40.7 Å². The average molecular weight is 451 g/mol. The molecule has 5 aromatic rings. The number of pyridine rings is 1. The van der Waals surface area contributed by atoms with Crippen molar-refractivity contribution in [2.24, 2.45) is 0 Å². The summed E-state index contributed by atoms with van der Waals surface area (Å²) >= 11 is 0. The molecule has 0 unspecified atom stereocenters. The molecular weight excluding hydrogens is 428 g/mol. The van der Waals surface area contributed by atoms with E-state index in [1.165, 1.54) is 0 Å². The molecule has 4 aromatic heterocycles. The lowest BCUT2D eigenvalue weighted by Gasteiger charge is -2.17. The lowest BCUT2D eigenvalue weighted by atomic mass is 10.0. The van der Waals surface area contributed by atoms with Crippen LogP contribution in [0.1, 0.15) is 36.4 Å². The summed E-state index contributed by atoms with van der Waals surface area (Å²) in [5.74, 6) is 0.508. The quantitative estimate of drug-likeness (QED) is 0.417. The second kappa shape index (κ2) is 8.17. The summed E-state index contributed by atoms with van der Waals surface area (Å²) in [5.41, 5.74) is 4.44. The maximum atomic E-state index is 10.3. The van der Waals surface area contributed by atoms with Gasteiger partial charge in [0, 0.05) is 17.1 Å². The van der Waals surface area contributed by atoms with Gasteiger partial charge in [-0.15, -0.1) is 5.10 Å². The Morgan fingerprint density at radius 2 is 1.91 bits per heavy atom. The molecule has 0 saturated carbocycles. The van der Waals surface area contributed by atoms with Gasteiger partial charge in [0.1, 0.15) is 22.6 Å². The number of aliphatic hydroxyl groups is 1. The van der Waals surface area contributed by atoms with Gasteiger partial charge in [-0.3, -0.25) is 4.98 Å². The standard InChI is InChI=1S/C25H22N8O/c1-15-16(12-26)6-4-8-18(15)24-29-22(19-10-11-27-23(19)30-24)20-14-33(32-31-20)13-17-7-5-9-21(28-17)25(2,3)34/h4-11,14,34H,13H2,1-3H3,(H,27,29,30). The first-order valence-corrected chi connectivity index (χ1v) is 10.8. The molecular formula is C25H22N8O. The molecule has 0 saturated heterocycles. The number of nitrogens with one attached hydrogen (secondary N) is 1. The van der Waals surface area contributed by atoms with E-state index in [9.17, 15) is 10.4 Å². The van der Waals surface area contributed by atoms with Gasteiger partial charge < -0.3 is 10.1 Å². The molecule has 1 aromatic carbocycles. The molecule has 0 radical (unpaired) electrons. The first kappa shape index (κ1) is 21.4. The number of aromatic nitrogens is 7. The molecule has 0 fully saturated rings. The largest absolute Gasteiger partial charge is 0.384 e. The van der Waals surface area contributed by atoms with E-state index >= 15 is 0 Å². The second-order valence-electron chi connectivity index (χ2n) is 8.60. The van der Waals surface area contributed by atoms with Gasteiger partial charge in [0.05, 0.1) is 35.8 Å². The summed E-state index contributed by atoms with van der Waals surface area (Å²) in [6, 6.07) is 15.2. The first-order chi connectivity index (χ1) is 16.3. The van der Waals surface area contributed by atoms with Crippen molar-refractivity contribution >= 4 is 11.0 Å². The molecule has 168 valence electrons. The van der Waals surface area contributed by atoms with Crippen LogP contribution in [0.5, 0.6) is 0 Å². The molecule has 0 aliphatic carbocycles. The molecule has 0 aliphatic rings. The van der Waals surface area contributed by atoms with Crippen molar-refractivity contribution in [3.05, 3.63) is 77.4 Å². The molecule has 5 rings (SSSR count). The Balaban J connectivity index is 1.54. The predicted octanol–water partition coefficient (Wildman–Crippen LogP) is 3.73. The predicted molar refractivity (Wildman–Crippen MR) is 126 cm³/mol. The molecule has 0 atom stereocenters. The van der Waals surface area contributed by atoms with E-state index in [-0.39, 0.29) is 0 Å². The number of nitrogens with zero attached hydrogens (tertiary/aromatic N) is 7. The van der Waals surface area contributed by atoms with Crippen molar-refractivity contribution in [3.63, 3.8) is 0 Å². The van der Waals surface area contributed by atoms with E-state index in [1.807, 2.05) is 49.6 Å². The minimum Gasteiger partial charge on any atom is -0.384 e. The normalized spacial score (nSPS) is 11.6. The highest BCUT2D eigenvalue weighted by atomic mass is 16.3. The summed E-state index contributed by atoms with van der Waals surface area (Å²) in [4.78, 5) is 17.2. The third-order valence-electron chi connectivity index (χ3n) is 5.65. The van der Waals surface area contributed by atoms with Gasteiger partial charge in [-0.05, 0) is 50.6 Å². The average Bonchev–Trinajstić information content (AvgIpc) is 3.48. The molecule has 0 aliphatic heterocycles. The van der Waals surface area contributed by atoms with Crippen LogP contribution in [-0.2, 0) is 12.1 Å². The molecule has 9 nitrogen and oxygen atoms in total. The number of hydrogen-bond donors (Lipinski definition) is 2. The summed E-state index contributed by atoms with van der Waals surface area (Å²) in [7, 11) is 0. The topological polar surface area (TPSA) is 129 Å². The van der Waals surface area contributed by atoms with Crippen LogP contribution in [0.2, 0.25) is 0 Å². The van der Waals surface area contributed by atoms with Crippen molar-refractivity contribution in [3.8, 4) is 28.8 Å². The molecule has 0 amide bonds. The molecule has 0 spiro atoms. The fourth-order valence-corrected chi connectivity index (χ4v) is 3.81. The molecule has 0 bridgehead atoms. The monoisotopic (exact) mass is 450 g/mol.